The van der Waals surface area contributed by atoms with Gasteiger partial charge in [0.2, 0.25) is 5.78 Å². The van der Waals surface area contributed by atoms with Crippen molar-refractivity contribution in [1.82, 2.24) is 9.80 Å². The van der Waals surface area contributed by atoms with Crippen LogP contribution in [0, 0.1) is 0 Å². The summed E-state index contributed by atoms with van der Waals surface area (Å²) in [7, 11) is 0. The number of phenols is 2. The van der Waals surface area contributed by atoms with E-state index in [1.54, 1.807) is 18.2 Å². The van der Waals surface area contributed by atoms with Gasteiger partial charge in [0.25, 0.3) is 0 Å². The van der Waals surface area contributed by atoms with E-state index < -0.39 is 5.78 Å². The van der Waals surface area contributed by atoms with Gasteiger partial charge in [-0.25, -0.2) is 0 Å². The Bertz CT molecular complexity index is 1580. The summed E-state index contributed by atoms with van der Waals surface area (Å²) >= 11 is 6.34. The number of aromatic hydroxyl groups is 2. The van der Waals surface area contributed by atoms with Crippen LogP contribution in [0.2, 0.25) is 5.02 Å². The Labute approximate surface area is 231 Å². The lowest BCUT2D eigenvalue weighted by atomic mass is 9.82. The third-order valence-electron chi connectivity index (χ3n) is 7.62. The van der Waals surface area contributed by atoms with E-state index in [0.29, 0.717) is 11.6 Å². The van der Waals surface area contributed by atoms with Crippen LogP contribution in [0.5, 0.6) is 11.5 Å². The number of carbonyl (C=O) groups excluding carboxylic acids is 2. The minimum absolute atomic E-state index is 0.0465. The minimum Gasteiger partial charge on any atom is -0.507 e. The van der Waals surface area contributed by atoms with Crippen molar-refractivity contribution < 1.29 is 19.8 Å². The molecule has 2 aliphatic rings. The highest BCUT2D eigenvalue weighted by atomic mass is 35.5. The van der Waals surface area contributed by atoms with E-state index in [9.17, 15) is 19.8 Å². The van der Waals surface area contributed by atoms with Gasteiger partial charge in [-0.3, -0.25) is 19.4 Å². The van der Waals surface area contributed by atoms with E-state index in [1.807, 2.05) is 24.3 Å². The first-order chi connectivity index (χ1) is 18.9. The van der Waals surface area contributed by atoms with Gasteiger partial charge in [-0.1, -0.05) is 66.2 Å². The van der Waals surface area contributed by atoms with Gasteiger partial charge in [-0.15, -0.1) is 0 Å². The topological polar surface area (TPSA) is 81.1 Å². The zero-order valence-electron chi connectivity index (χ0n) is 21.2. The van der Waals surface area contributed by atoms with Gasteiger partial charge in [0.15, 0.2) is 5.78 Å². The van der Waals surface area contributed by atoms with Gasteiger partial charge in [0, 0.05) is 48.9 Å². The Balaban J connectivity index is 1.21. The summed E-state index contributed by atoms with van der Waals surface area (Å²) in [4.78, 5) is 31.0. The van der Waals surface area contributed by atoms with Gasteiger partial charge in [-0.2, -0.15) is 0 Å². The molecule has 6 rings (SSSR count). The number of halogens is 1. The Morgan fingerprint density at radius 2 is 1.38 bits per heavy atom. The predicted molar refractivity (Wildman–Crippen MR) is 150 cm³/mol. The molecule has 4 aromatic rings. The number of hydrogen-bond acceptors (Lipinski definition) is 6. The van der Waals surface area contributed by atoms with Crippen LogP contribution >= 0.6 is 11.6 Å². The summed E-state index contributed by atoms with van der Waals surface area (Å²) in [5.74, 6) is -1.41. The Hall–Kier alpha value is -3.97. The monoisotopic (exact) mass is 538 g/mol. The van der Waals surface area contributed by atoms with Gasteiger partial charge >= 0.3 is 0 Å². The van der Waals surface area contributed by atoms with Crippen molar-refractivity contribution in [3.63, 3.8) is 0 Å². The molecule has 1 atom stereocenters. The SMILES string of the molecule is O=C1c2cccc(O)c2C(=O)c2c(O)cc(CN3CCN(C(c4ccccc4)c4cccc(Cl)c4)CC3)cc21. The molecule has 1 heterocycles. The van der Waals surface area contributed by atoms with Crippen LogP contribution in [0.4, 0.5) is 0 Å². The zero-order valence-corrected chi connectivity index (χ0v) is 21.9. The van der Waals surface area contributed by atoms with Crippen LogP contribution in [0.15, 0.2) is 84.9 Å². The smallest absolute Gasteiger partial charge is 0.201 e. The summed E-state index contributed by atoms with van der Waals surface area (Å²) in [5.41, 5.74) is 3.36. The molecule has 0 radical (unpaired) electrons. The van der Waals surface area contributed by atoms with Gasteiger partial charge in [0.1, 0.15) is 11.5 Å². The van der Waals surface area contributed by atoms with Crippen LogP contribution in [0.25, 0.3) is 0 Å². The molecule has 1 aliphatic heterocycles. The Morgan fingerprint density at radius 3 is 2.13 bits per heavy atom. The molecule has 6 nitrogen and oxygen atoms in total. The standard InChI is InChI=1S/C32H27ClN2O4/c33-23-9-4-8-22(18-23)30(21-6-2-1-3-7-21)35-14-12-34(13-15-35)19-20-16-25-29(27(37)17-20)32(39)28-24(31(25)38)10-5-11-26(28)36/h1-11,16-18,30,36-37H,12-15,19H2. The number of phenolic OH excluding ortho intramolecular Hbond substituents is 2. The first-order valence-electron chi connectivity index (χ1n) is 12.9. The largest absolute Gasteiger partial charge is 0.507 e. The van der Waals surface area contributed by atoms with E-state index in [0.717, 1.165) is 37.3 Å². The van der Waals surface area contributed by atoms with E-state index >= 15 is 0 Å². The predicted octanol–water partition coefficient (Wildman–Crippen LogP) is 5.43. The highest BCUT2D eigenvalue weighted by Gasteiger charge is 2.35. The molecule has 4 aromatic carbocycles. The second kappa shape index (κ2) is 10.3. The van der Waals surface area contributed by atoms with Crippen LogP contribution in [0.3, 0.4) is 0 Å². The van der Waals surface area contributed by atoms with Crippen molar-refractivity contribution in [3.8, 4) is 11.5 Å². The average molecular weight is 539 g/mol. The molecule has 1 unspecified atom stereocenters. The molecule has 2 N–H and O–H groups in total. The minimum atomic E-state index is -0.539. The summed E-state index contributed by atoms with van der Waals surface area (Å²) in [6, 6.07) is 26.2. The Kier molecular flexibility index (Phi) is 6.69. The number of piperazine rings is 1. The van der Waals surface area contributed by atoms with Gasteiger partial charge in [0.05, 0.1) is 17.2 Å². The maximum absolute atomic E-state index is 13.2. The molecule has 0 amide bonds. The van der Waals surface area contributed by atoms with E-state index in [1.165, 1.54) is 17.7 Å². The fourth-order valence-electron chi connectivity index (χ4n) is 5.80. The third kappa shape index (κ3) is 4.72. The number of rotatable bonds is 5. The van der Waals surface area contributed by atoms with Crippen molar-refractivity contribution in [1.29, 1.82) is 0 Å². The number of benzene rings is 4. The summed E-state index contributed by atoms with van der Waals surface area (Å²) < 4.78 is 0. The van der Waals surface area contributed by atoms with E-state index in [2.05, 4.69) is 40.1 Å². The molecule has 0 spiro atoms. The number of carbonyl (C=O) groups is 2. The Morgan fingerprint density at radius 1 is 0.692 bits per heavy atom. The van der Waals surface area contributed by atoms with Crippen LogP contribution < -0.4 is 0 Å². The average Bonchev–Trinajstić information content (AvgIpc) is 2.93. The summed E-state index contributed by atoms with van der Waals surface area (Å²) in [5, 5.41) is 21.7. The van der Waals surface area contributed by atoms with Gasteiger partial charge in [-0.05, 0) is 47.0 Å². The van der Waals surface area contributed by atoms with E-state index in [4.69, 9.17) is 11.6 Å². The molecule has 7 heteroatoms. The second-order valence-corrected chi connectivity index (χ2v) is 10.5. The van der Waals surface area contributed by atoms with Crippen molar-refractivity contribution in [2.45, 2.75) is 12.6 Å². The van der Waals surface area contributed by atoms with Crippen molar-refractivity contribution >= 4 is 23.2 Å². The number of fused-ring (bicyclic) bond motifs is 2. The van der Waals surface area contributed by atoms with E-state index in [-0.39, 0.29) is 45.6 Å². The molecule has 1 fully saturated rings. The number of nitrogens with zero attached hydrogens (tertiary/aromatic N) is 2. The van der Waals surface area contributed by atoms with Gasteiger partial charge < -0.3 is 10.2 Å². The van der Waals surface area contributed by atoms with Crippen LogP contribution in [-0.4, -0.2) is 57.8 Å². The molecular formula is C32H27ClN2O4. The van der Waals surface area contributed by atoms with Crippen molar-refractivity contribution in [3.05, 3.63) is 129 Å². The second-order valence-electron chi connectivity index (χ2n) is 10.1. The normalized spacial score (nSPS) is 16.5. The summed E-state index contributed by atoms with van der Waals surface area (Å²) in [6.45, 7) is 3.78. The highest BCUT2D eigenvalue weighted by Crippen LogP contribution is 2.37. The molecule has 196 valence electrons. The van der Waals surface area contributed by atoms with Crippen molar-refractivity contribution in [2.24, 2.45) is 0 Å². The summed E-state index contributed by atoms with van der Waals surface area (Å²) in [6.07, 6.45) is 0. The van der Waals surface area contributed by atoms with Crippen molar-refractivity contribution in [2.75, 3.05) is 26.2 Å². The fourth-order valence-corrected chi connectivity index (χ4v) is 5.99. The fraction of sp³-hybridized carbons (Fsp3) is 0.188. The molecule has 1 saturated heterocycles. The lowest BCUT2D eigenvalue weighted by Crippen LogP contribution is -2.47. The first kappa shape index (κ1) is 25.3. The maximum atomic E-state index is 13.2. The molecule has 0 saturated carbocycles. The quantitative estimate of drug-likeness (QED) is 0.310. The highest BCUT2D eigenvalue weighted by molar-refractivity contribution is 6.31. The maximum Gasteiger partial charge on any atom is 0.201 e. The van der Waals surface area contributed by atoms with Crippen LogP contribution in [-0.2, 0) is 6.54 Å². The molecule has 1 aliphatic carbocycles. The zero-order chi connectivity index (χ0) is 27.1. The van der Waals surface area contributed by atoms with Crippen LogP contribution in [0.1, 0.15) is 54.6 Å². The first-order valence-corrected chi connectivity index (χ1v) is 13.3. The lowest BCUT2D eigenvalue weighted by Gasteiger charge is -2.40. The molecule has 0 aromatic heterocycles. The lowest BCUT2D eigenvalue weighted by molar-refractivity contribution is 0.0972. The number of ketones is 2. The molecule has 0 bridgehead atoms. The number of hydrogen-bond donors (Lipinski definition) is 2. The molecule has 39 heavy (non-hydrogen) atoms. The molecular weight excluding hydrogens is 512 g/mol. The third-order valence-corrected chi connectivity index (χ3v) is 7.86.